The number of benzene rings is 3. The van der Waals surface area contributed by atoms with Crippen LogP contribution in [0.5, 0.6) is 5.75 Å². The molecule has 9 heteroatoms. The largest absolute Gasteiger partial charge is 0.489 e. The van der Waals surface area contributed by atoms with E-state index in [-0.39, 0.29) is 5.91 Å². The number of aliphatic hydroxyl groups excluding tert-OH is 1. The zero-order valence-electron chi connectivity index (χ0n) is 24.3. The van der Waals surface area contributed by atoms with Gasteiger partial charge in [-0.3, -0.25) is 14.4 Å². The molecule has 3 atom stereocenters. The lowest BCUT2D eigenvalue weighted by Crippen LogP contribution is -2.57. The van der Waals surface area contributed by atoms with Gasteiger partial charge in [0.1, 0.15) is 24.4 Å². The van der Waals surface area contributed by atoms with Gasteiger partial charge in [0.05, 0.1) is 12.6 Å². The monoisotopic (exact) mass is 599 g/mol. The minimum absolute atomic E-state index is 0.301. The van der Waals surface area contributed by atoms with Crippen molar-refractivity contribution in [2.24, 2.45) is 0 Å². The highest BCUT2D eigenvalue weighted by molar-refractivity contribution is 7.10. The third kappa shape index (κ3) is 9.52. The smallest absolute Gasteiger partial charge is 0.252 e. The van der Waals surface area contributed by atoms with E-state index in [4.69, 9.17) is 4.74 Å². The van der Waals surface area contributed by atoms with Crippen LogP contribution in [0.2, 0.25) is 0 Å². The van der Waals surface area contributed by atoms with Crippen LogP contribution in [0.1, 0.15) is 45.3 Å². The van der Waals surface area contributed by atoms with Gasteiger partial charge in [0.2, 0.25) is 11.8 Å². The summed E-state index contributed by atoms with van der Waals surface area (Å²) in [6.45, 7) is 4.14. The first kappa shape index (κ1) is 31.5. The Hall–Kier alpha value is -4.47. The Morgan fingerprint density at radius 1 is 0.837 bits per heavy atom. The molecule has 0 saturated carbocycles. The van der Waals surface area contributed by atoms with E-state index in [0.717, 1.165) is 21.6 Å². The van der Waals surface area contributed by atoms with Gasteiger partial charge >= 0.3 is 0 Å². The Bertz CT molecular complexity index is 1470. The van der Waals surface area contributed by atoms with Gasteiger partial charge in [-0.05, 0) is 79.1 Å². The van der Waals surface area contributed by atoms with Gasteiger partial charge < -0.3 is 25.8 Å². The van der Waals surface area contributed by atoms with Gasteiger partial charge in [0, 0.05) is 10.4 Å². The van der Waals surface area contributed by atoms with Gasteiger partial charge in [0.15, 0.2) is 0 Å². The topological polar surface area (TPSA) is 117 Å². The summed E-state index contributed by atoms with van der Waals surface area (Å²) in [6.07, 6.45) is -0.304. The van der Waals surface area contributed by atoms with Gasteiger partial charge in [-0.2, -0.15) is 0 Å². The molecule has 0 spiro atoms. The molecule has 8 nitrogen and oxygen atoms in total. The number of nitrogens with one attached hydrogen (secondary N) is 3. The second-order valence-corrected chi connectivity index (χ2v) is 11.3. The van der Waals surface area contributed by atoms with Crippen LogP contribution in [-0.2, 0) is 29.2 Å². The number of hydrogen-bond donors (Lipinski definition) is 4. The number of ether oxygens (including phenoxy) is 1. The van der Waals surface area contributed by atoms with Crippen LogP contribution in [0.25, 0.3) is 0 Å². The quantitative estimate of drug-likeness (QED) is 0.170. The maximum atomic E-state index is 13.4. The number of carbonyl (C=O) groups is 3. The maximum absolute atomic E-state index is 13.4. The highest BCUT2D eigenvalue weighted by Crippen LogP contribution is 2.16. The second kappa shape index (κ2) is 15.7. The summed E-state index contributed by atoms with van der Waals surface area (Å²) in [6, 6.07) is 25.8. The van der Waals surface area contributed by atoms with Crippen molar-refractivity contribution in [2.75, 3.05) is 0 Å². The summed E-state index contributed by atoms with van der Waals surface area (Å²) in [7, 11) is 0. The molecular weight excluding hydrogens is 562 g/mol. The summed E-state index contributed by atoms with van der Waals surface area (Å²) in [5, 5.41) is 20.7. The summed E-state index contributed by atoms with van der Waals surface area (Å²) in [4.78, 5) is 40.7. The minimum Gasteiger partial charge on any atom is -0.489 e. The molecule has 4 aromatic rings. The van der Waals surface area contributed by atoms with Crippen molar-refractivity contribution in [1.82, 2.24) is 16.0 Å². The molecule has 0 unspecified atom stereocenters. The average molecular weight is 600 g/mol. The number of amides is 3. The SMILES string of the molecule is Cc1ccsc1CNC(=O)[C@H](CCc1ccccc1)NC(=O)[C@@H](NC(=O)c1ccc(OCc2ccccc2)cc1)[C@@H](C)O. The van der Waals surface area contributed by atoms with Crippen LogP contribution in [0.15, 0.2) is 96.4 Å². The third-order valence-corrected chi connectivity index (χ3v) is 8.03. The van der Waals surface area contributed by atoms with Crippen molar-refractivity contribution < 1.29 is 24.2 Å². The Morgan fingerprint density at radius 3 is 2.09 bits per heavy atom. The molecule has 0 saturated heterocycles. The van der Waals surface area contributed by atoms with E-state index in [1.54, 1.807) is 35.6 Å². The molecule has 0 aliphatic rings. The normalized spacial score (nSPS) is 12.9. The van der Waals surface area contributed by atoms with Crippen LogP contribution in [0.4, 0.5) is 0 Å². The molecule has 1 aromatic heterocycles. The standard InChI is InChI=1S/C34H37N3O5S/c1-23-19-20-43-30(23)21-35-33(40)29(18-13-25-9-5-3-6-10-25)36-34(41)31(24(2)38)37-32(39)27-14-16-28(17-15-27)42-22-26-11-7-4-8-12-26/h3-12,14-17,19-20,24,29,31,38H,13,18,21-22H2,1-2H3,(H,35,40)(H,36,41)(H,37,39)/t24-,29+,31+/m1/s1. The predicted octanol–water partition coefficient (Wildman–Crippen LogP) is 4.55. The van der Waals surface area contributed by atoms with Gasteiger partial charge in [-0.15, -0.1) is 11.3 Å². The van der Waals surface area contributed by atoms with Gasteiger partial charge in [-0.25, -0.2) is 0 Å². The van der Waals surface area contributed by atoms with Crippen LogP contribution >= 0.6 is 11.3 Å². The zero-order valence-corrected chi connectivity index (χ0v) is 25.1. The minimum atomic E-state index is -1.27. The van der Waals surface area contributed by atoms with Crippen molar-refractivity contribution in [2.45, 2.75) is 58.0 Å². The predicted molar refractivity (Wildman–Crippen MR) is 168 cm³/mol. The molecule has 3 aromatic carbocycles. The van der Waals surface area contributed by atoms with E-state index in [1.807, 2.05) is 79.0 Å². The molecule has 43 heavy (non-hydrogen) atoms. The fourth-order valence-electron chi connectivity index (χ4n) is 4.44. The van der Waals surface area contributed by atoms with E-state index in [9.17, 15) is 19.5 Å². The van der Waals surface area contributed by atoms with E-state index < -0.39 is 30.0 Å². The highest BCUT2D eigenvalue weighted by Gasteiger charge is 2.30. The van der Waals surface area contributed by atoms with E-state index in [1.165, 1.54) is 6.92 Å². The molecule has 0 aliphatic carbocycles. The highest BCUT2D eigenvalue weighted by atomic mass is 32.1. The van der Waals surface area contributed by atoms with Crippen molar-refractivity contribution in [3.8, 4) is 5.75 Å². The molecule has 1 heterocycles. The summed E-state index contributed by atoms with van der Waals surface area (Å²) >= 11 is 1.55. The van der Waals surface area contributed by atoms with E-state index >= 15 is 0 Å². The maximum Gasteiger partial charge on any atom is 0.252 e. The molecule has 0 bridgehead atoms. The van der Waals surface area contributed by atoms with Crippen LogP contribution in [-0.4, -0.2) is 41.0 Å². The first-order valence-corrected chi connectivity index (χ1v) is 15.1. The zero-order chi connectivity index (χ0) is 30.6. The van der Waals surface area contributed by atoms with Crippen molar-refractivity contribution in [1.29, 1.82) is 0 Å². The van der Waals surface area contributed by atoms with Gasteiger partial charge in [0.25, 0.3) is 5.91 Å². The van der Waals surface area contributed by atoms with Crippen molar-refractivity contribution in [3.63, 3.8) is 0 Å². The Morgan fingerprint density at radius 2 is 1.49 bits per heavy atom. The molecule has 0 fully saturated rings. The lowest BCUT2D eigenvalue weighted by atomic mass is 10.0. The Balaban J connectivity index is 1.38. The molecule has 0 aliphatic heterocycles. The van der Waals surface area contributed by atoms with Crippen LogP contribution < -0.4 is 20.7 Å². The Kier molecular flexibility index (Phi) is 11.5. The molecule has 4 rings (SSSR count). The summed E-state index contributed by atoms with van der Waals surface area (Å²) < 4.78 is 5.78. The second-order valence-electron chi connectivity index (χ2n) is 10.3. The molecular formula is C34H37N3O5S. The number of hydrogen-bond acceptors (Lipinski definition) is 6. The summed E-state index contributed by atoms with van der Waals surface area (Å²) in [5.74, 6) is -0.921. The third-order valence-electron chi connectivity index (χ3n) is 7.01. The van der Waals surface area contributed by atoms with Crippen molar-refractivity contribution in [3.05, 3.63) is 124 Å². The first-order chi connectivity index (χ1) is 20.8. The van der Waals surface area contributed by atoms with Gasteiger partial charge in [-0.1, -0.05) is 60.7 Å². The number of thiophene rings is 1. The van der Waals surface area contributed by atoms with Crippen LogP contribution in [0, 0.1) is 6.92 Å². The summed E-state index contributed by atoms with van der Waals surface area (Å²) in [5.41, 5.74) is 3.44. The number of carbonyl (C=O) groups excluding carboxylic acids is 3. The first-order valence-electron chi connectivity index (χ1n) is 14.2. The number of aliphatic hydroxyl groups is 1. The lowest BCUT2D eigenvalue weighted by molar-refractivity contribution is -0.131. The molecule has 224 valence electrons. The number of rotatable bonds is 14. The fraction of sp³-hybridized carbons (Fsp3) is 0.265. The fourth-order valence-corrected chi connectivity index (χ4v) is 5.28. The van der Waals surface area contributed by atoms with Crippen molar-refractivity contribution >= 4 is 29.1 Å². The molecule has 4 N–H and O–H groups in total. The van der Waals surface area contributed by atoms with E-state index in [2.05, 4.69) is 16.0 Å². The number of aryl methyl sites for hydroxylation is 2. The Labute approximate surface area is 256 Å². The lowest BCUT2D eigenvalue weighted by Gasteiger charge is -2.25. The molecule has 3 amide bonds. The van der Waals surface area contributed by atoms with Crippen LogP contribution in [0.3, 0.4) is 0 Å². The van der Waals surface area contributed by atoms with E-state index in [0.29, 0.717) is 37.3 Å². The molecule has 0 radical (unpaired) electrons. The average Bonchev–Trinajstić information content (AvgIpc) is 3.44.